The number of likely N-dealkylation sites (N-methyl/N-ethyl adjacent to an activating group) is 1. The van der Waals surface area contributed by atoms with E-state index in [1.54, 1.807) is 0 Å². The number of amides is 1. The Labute approximate surface area is 123 Å². The predicted octanol–water partition coefficient (Wildman–Crippen LogP) is -0.585. The molecule has 3 N–H and O–H groups in total. The molecule has 0 radical (unpaired) electrons. The summed E-state index contributed by atoms with van der Waals surface area (Å²) in [5.41, 5.74) is 5.51. The molecule has 2 rings (SSSR count). The molecule has 20 heavy (non-hydrogen) atoms. The Balaban J connectivity index is 1.71. The number of hydrogen-bond donors (Lipinski definition) is 2. The van der Waals surface area contributed by atoms with Crippen molar-refractivity contribution >= 4 is 22.4 Å². The molecule has 1 saturated heterocycles. The quantitative estimate of drug-likeness (QED) is 0.756. The number of nitrogens with two attached hydrogens (primary N) is 1. The van der Waals surface area contributed by atoms with Crippen molar-refractivity contribution in [3.05, 3.63) is 5.01 Å². The van der Waals surface area contributed by atoms with E-state index in [0.717, 1.165) is 31.2 Å². The topological polar surface area (TPSA) is 87.4 Å². The van der Waals surface area contributed by atoms with Crippen LogP contribution in [0.2, 0.25) is 0 Å². The highest BCUT2D eigenvalue weighted by molar-refractivity contribution is 7.15. The molecule has 112 valence electrons. The maximum absolute atomic E-state index is 12.1. The van der Waals surface area contributed by atoms with E-state index >= 15 is 0 Å². The molecule has 0 bridgehead atoms. The molecule has 1 aromatic rings. The predicted molar refractivity (Wildman–Crippen MR) is 79.6 cm³/mol. The van der Waals surface area contributed by atoms with E-state index in [0.29, 0.717) is 18.1 Å². The van der Waals surface area contributed by atoms with Gasteiger partial charge in [-0.05, 0) is 14.0 Å². The molecular formula is C12H22N6OS. The van der Waals surface area contributed by atoms with Crippen LogP contribution in [-0.4, -0.2) is 71.7 Å². The third-order valence-electron chi connectivity index (χ3n) is 3.59. The van der Waals surface area contributed by atoms with E-state index in [1.807, 2.05) is 6.92 Å². The van der Waals surface area contributed by atoms with Crippen LogP contribution in [0, 0.1) is 0 Å². The highest BCUT2D eigenvalue weighted by Gasteiger charge is 2.23. The lowest BCUT2D eigenvalue weighted by Crippen LogP contribution is -2.53. The lowest BCUT2D eigenvalue weighted by molar-refractivity contribution is -0.126. The SMILES string of the molecule is CC(C(=O)NCCc1nnc(N)s1)N1CCN(C)CC1. The molecule has 0 aromatic carbocycles. The average molecular weight is 298 g/mol. The molecule has 2 heterocycles. The fourth-order valence-corrected chi connectivity index (χ4v) is 2.79. The molecule has 1 aliphatic rings. The Kier molecular flexibility index (Phi) is 5.27. The normalized spacial score (nSPS) is 18.9. The molecule has 0 aliphatic carbocycles. The minimum absolute atomic E-state index is 0.0760. The fraction of sp³-hybridized carbons (Fsp3) is 0.750. The summed E-state index contributed by atoms with van der Waals surface area (Å²) in [7, 11) is 2.11. The van der Waals surface area contributed by atoms with Crippen LogP contribution in [0.5, 0.6) is 0 Å². The van der Waals surface area contributed by atoms with E-state index in [-0.39, 0.29) is 11.9 Å². The van der Waals surface area contributed by atoms with E-state index < -0.39 is 0 Å². The summed E-state index contributed by atoms with van der Waals surface area (Å²) in [5, 5.41) is 12.0. The number of hydrogen-bond acceptors (Lipinski definition) is 7. The highest BCUT2D eigenvalue weighted by Crippen LogP contribution is 2.11. The molecule has 1 aromatic heterocycles. The first kappa shape index (κ1) is 15.1. The molecule has 8 heteroatoms. The van der Waals surface area contributed by atoms with Crippen molar-refractivity contribution < 1.29 is 4.79 Å². The molecule has 1 atom stereocenters. The van der Waals surface area contributed by atoms with Gasteiger partial charge in [0.05, 0.1) is 6.04 Å². The van der Waals surface area contributed by atoms with Crippen LogP contribution in [0.25, 0.3) is 0 Å². The van der Waals surface area contributed by atoms with Gasteiger partial charge in [-0.1, -0.05) is 11.3 Å². The number of piperazine rings is 1. The van der Waals surface area contributed by atoms with Gasteiger partial charge in [0.1, 0.15) is 5.01 Å². The minimum atomic E-state index is -0.0804. The van der Waals surface area contributed by atoms with Gasteiger partial charge >= 0.3 is 0 Å². The number of carbonyl (C=O) groups excluding carboxylic acids is 1. The zero-order chi connectivity index (χ0) is 14.5. The maximum Gasteiger partial charge on any atom is 0.237 e. The molecule has 1 aliphatic heterocycles. The lowest BCUT2D eigenvalue weighted by atomic mass is 10.2. The van der Waals surface area contributed by atoms with Gasteiger partial charge in [0.2, 0.25) is 11.0 Å². The third kappa shape index (κ3) is 4.12. The van der Waals surface area contributed by atoms with Crippen molar-refractivity contribution in [3.63, 3.8) is 0 Å². The Morgan fingerprint density at radius 1 is 1.40 bits per heavy atom. The van der Waals surface area contributed by atoms with Gasteiger partial charge in [0.15, 0.2) is 0 Å². The third-order valence-corrected chi connectivity index (χ3v) is 4.40. The van der Waals surface area contributed by atoms with Gasteiger partial charge in [-0.2, -0.15) is 0 Å². The van der Waals surface area contributed by atoms with Crippen molar-refractivity contribution in [3.8, 4) is 0 Å². The summed E-state index contributed by atoms with van der Waals surface area (Å²) >= 11 is 1.36. The van der Waals surface area contributed by atoms with Crippen molar-refractivity contribution in [1.82, 2.24) is 25.3 Å². The van der Waals surface area contributed by atoms with Gasteiger partial charge in [0.25, 0.3) is 0 Å². The molecule has 0 spiro atoms. The summed E-state index contributed by atoms with van der Waals surface area (Å²) < 4.78 is 0. The molecule has 1 amide bonds. The number of anilines is 1. The number of aromatic nitrogens is 2. The van der Waals surface area contributed by atoms with Crippen LogP contribution >= 0.6 is 11.3 Å². The Morgan fingerprint density at radius 3 is 2.70 bits per heavy atom. The van der Waals surface area contributed by atoms with Crippen LogP contribution in [-0.2, 0) is 11.2 Å². The molecule has 0 saturated carbocycles. The number of carbonyl (C=O) groups is 1. The Morgan fingerprint density at radius 2 is 2.10 bits per heavy atom. The van der Waals surface area contributed by atoms with Crippen LogP contribution in [0.15, 0.2) is 0 Å². The molecule has 1 unspecified atom stereocenters. The van der Waals surface area contributed by atoms with Gasteiger partial charge < -0.3 is 16.0 Å². The standard InChI is InChI=1S/C12H22N6OS/c1-9(18-7-5-17(2)6-8-18)11(19)14-4-3-10-15-16-12(13)20-10/h9H,3-8H2,1-2H3,(H2,13,16)(H,14,19). The molecular weight excluding hydrogens is 276 g/mol. The van der Waals surface area contributed by atoms with Crippen molar-refractivity contribution in [2.45, 2.75) is 19.4 Å². The first-order chi connectivity index (χ1) is 9.56. The Bertz CT molecular complexity index is 443. The second-order valence-corrected chi connectivity index (χ2v) is 6.18. The van der Waals surface area contributed by atoms with Crippen LogP contribution in [0.1, 0.15) is 11.9 Å². The zero-order valence-corrected chi connectivity index (χ0v) is 12.8. The molecule has 7 nitrogen and oxygen atoms in total. The summed E-state index contributed by atoms with van der Waals surface area (Å²) in [5.74, 6) is 0.0760. The van der Waals surface area contributed by atoms with E-state index in [2.05, 4.69) is 32.4 Å². The number of rotatable bonds is 5. The minimum Gasteiger partial charge on any atom is -0.374 e. The van der Waals surface area contributed by atoms with Crippen molar-refractivity contribution in [2.24, 2.45) is 0 Å². The maximum atomic E-state index is 12.1. The second-order valence-electron chi connectivity index (χ2n) is 5.09. The van der Waals surface area contributed by atoms with Gasteiger partial charge in [-0.15, -0.1) is 10.2 Å². The van der Waals surface area contributed by atoms with Crippen molar-refractivity contribution in [1.29, 1.82) is 0 Å². The second kappa shape index (κ2) is 6.96. The van der Waals surface area contributed by atoms with E-state index in [9.17, 15) is 4.79 Å². The van der Waals surface area contributed by atoms with Crippen LogP contribution in [0.3, 0.4) is 0 Å². The summed E-state index contributed by atoms with van der Waals surface area (Å²) in [6.45, 7) is 6.45. The smallest absolute Gasteiger partial charge is 0.237 e. The summed E-state index contributed by atoms with van der Waals surface area (Å²) in [6, 6.07) is -0.0804. The monoisotopic (exact) mass is 298 g/mol. The fourth-order valence-electron chi connectivity index (χ4n) is 2.18. The summed E-state index contributed by atoms with van der Waals surface area (Å²) in [6.07, 6.45) is 0.677. The highest BCUT2D eigenvalue weighted by atomic mass is 32.1. The van der Waals surface area contributed by atoms with Gasteiger partial charge in [-0.3, -0.25) is 9.69 Å². The van der Waals surface area contributed by atoms with Gasteiger partial charge in [0, 0.05) is 39.1 Å². The van der Waals surface area contributed by atoms with Crippen LogP contribution < -0.4 is 11.1 Å². The van der Waals surface area contributed by atoms with Crippen molar-refractivity contribution in [2.75, 3.05) is 45.5 Å². The zero-order valence-electron chi connectivity index (χ0n) is 12.0. The summed E-state index contributed by atoms with van der Waals surface area (Å²) in [4.78, 5) is 16.6. The lowest BCUT2D eigenvalue weighted by Gasteiger charge is -2.35. The number of nitrogens with one attached hydrogen (secondary N) is 1. The molecule has 1 fully saturated rings. The van der Waals surface area contributed by atoms with E-state index in [1.165, 1.54) is 11.3 Å². The van der Waals surface area contributed by atoms with Crippen LogP contribution in [0.4, 0.5) is 5.13 Å². The first-order valence-electron chi connectivity index (χ1n) is 6.84. The largest absolute Gasteiger partial charge is 0.374 e. The van der Waals surface area contributed by atoms with E-state index in [4.69, 9.17) is 5.73 Å². The Hall–Kier alpha value is -1.25. The number of nitrogen functional groups attached to an aromatic ring is 1. The number of nitrogens with zero attached hydrogens (tertiary/aromatic N) is 4. The average Bonchev–Trinajstić information content (AvgIpc) is 2.84. The van der Waals surface area contributed by atoms with Gasteiger partial charge in [-0.25, -0.2) is 0 Å². The first-order valence-corrected chi connectivity index (χ1v) is 7.66.